The lowest BCUT2D eigenvalue weighted by Crippen LogP contribution is -2.22. The van der Waals surface area contributed by atoms with E-state index in [2.05, 4.69) is 5.32 Å². The second kappa shape index (κ2) is 5.92. The standard InChI is InChI=1S/C14H13NO5/c1-19-10-4-2-3-9(7-10)13(16)15-8-11-5-6-12(20-11)14(17)18/h2-7H,8H2,1H3,(H,15,16)(H,17,18). The second-order valence-corrected chi connectivity index (χ2v) is 3.99. The predicted molar refractivity (Wildman–Crippen MR) is 69.8 cm³/mol. The van der Waals surface area contributed by atoms with E-state index in [-0.39, 0.29) is 18.2 Å². The molecule has 0 aliphatic heterocycles. The fraction of sp³-hybridized carbons (Fsp3) is 0.143. The second-order valence-electron chi connectivity index (χ2n) is 3.99. The van der Waals surface area contributed by atoms with Gasteiger partial charge in [-0.2, -0.15) is 0 Å². The number of methoxy groups -OCH3 is 1. The molecule has 1 amide bonds. The number of hydrogen-bond donors (Lipinski definition) is 2. The molecule has 104 valence electrons. The summed E-state index contributed by atoms with van der Waals surface area (Å²) >= 11 is 0. The van der Waals surface area contributed by atoms with E-state index >= 15 is 0 Å². The van der Waals surface area contributed by atoms with Crippen LogP contribution >= 0.6 is 0 Å². The van der Waals surface area contributed by atoms with Gasteiger partial charge in [0.1, 0.15) is 11.5 Å². The number of aromatic carboxylic acids is 1. The predicted octanol–water partition coefficient (Wildman–Crippen LogP) is 1.92. The van der Waals surface area contributed by atoms with Gasteiger partial charge >= 0.3 is 5.97 Å². The van der Waals surface area contributed by atoms with Gasteiger partial charge in [0.05, 0.1) is 13.7 Å². The molecular weight excluding hydrogens is 262 g/mol. The summed E-state index contributed by atoms with van der Waals surface area (Å²) < 4.78 is 10.1. The Hall–Kier alpha value is -2.76. The topological polar surface area (TPSA) is 88.8 Å². The van der Waals surface area contributed by atoms with Gasteiger partial charge in [0.2, 0.25) is 5.76 Å². The molecule has 0 saturated heterocycles. The van der Waals surface area contributed by atoms with Crippen LogP contribution < -0.4 is 10.1 Å². The first kappa shape index (κ1) is 13.7. The van der Waals surface area contributed by atoms with Gasteiger partial charge < -0.3 is 19.6 Å². The Labute approximate surface area is 115 Å². The molecule has 1 aromatic heterocycles. The molecule has 1 aromatic carbocycles. The molecule has 2 aromatic rings. The maximum absolute atomic E-state index is 11.9. The van der Waals surface area contributed by atoms with Gasteiger partial charge in [0.25, 0.3) is 5.91 Å². The quantitative estimate of drug-likeness (QED) is 0.870. The third-order valence-electron chi connectivity index (χ3n) is 2.63. The van der Waals surface area contributed by atoms with Crippen molar-refractivity contribution in [3.05, 3.63) is 53.5 Å². The number of rotatable bonds is 5. The molecule has 0 bridgehead atoms. The Morgan fingerprint density at radius 2 is 2.10 bits per heavy atom. The first-order valence-electron chi connectivity index (χ1n) is 5.84. The summed E-state index contributed by atoms with van der Waals surface area (Å²) in [4.78, 5) is 22.6. The molecule has 1 heterocycles. The smallest absolute Gasteiger partial charge is 0.371 e. The summed E-state index contributed by atoms with van der Waals surface area (Å²) in [5, 5.41) is 11.4. The molecule has 0 aliphatic rings. The van der Waals surface area contributed by atoms with Crippen molar-refractivity contribution >= 4 is 11.9 Å². The fourth-order valence-electron chi connectivity index (χ4n) is 1.62. The highest BCUT2D eigenvalue weighted by Gasteiger charge is 2.11. The summed E-state index contributed by atoms with van der Waals surface area (Å²) in [6, 6.07) is 9.57. The summed E-state index contributed by atoms with van der Waals surface area (Å²) in [6.45, 7) is 0.114. The van der Waals surface area contributed by atoms with E-state index in [0.717, 1.165) is 0 Å². The molecule has 0 aliphatic carbocycles. The minimum Gasteiger partial charge on any atom is -0.497 e. The van der Waals surface area contributed by atoms with Crippen LogP contribution in [0.15, 0.2) is 40.8 Å². The van der Waals surface area contributed by atoms with Crippen molar-refractivity contribution in [2.24, 2.45) is 0 Å². The zero-order valence-electron chi connectivity index (χ0n) is 10.8. The molecule has 6 nitrogen and oxygen atoms in total. The Kier molecular flexibility index (Phi) is 4.05. The highest BCUT2D eigenvalue weighted by molar-refractivity contribution is 5.94. The largest absolute Gasteiger partial charge is 0.497 e. The Balaban J connectivity index is 1.98. The monoisotopic (exact) mass is 275 g/mol. The van der Waals surface area contributed by atoms with Gasteiger partial charge in [-0.3, -0.25) is 4.79 Å². The lowest BCUT2D eigenvalue weighted by molar-refractivity contribution is 0.0660. The molecule has 0 saturated carbocycles. The third kappa shape index (κ3) is 3.17. The molecule has 2 N–H and O–H groups in total. The fourth-order valence-corrected chi connectivity index (χ4v) is 1.62. The lowest BCUT2D eigenvalue weighted by atomic mass is 10.2. The molecule has 0 unspecified atom stereocenters. The first-order valence-corrected chi connectivity index (χ1v) is 5.84. The van der Waals surface area contributed by atoms with Crippen molar-refractivity contribution in [3.63, 3.8) is 0 Å². The number of carboxylic acid groups (broad SMARTS) is 1. The minimum atomic E-state index is -1.14. The molecule has 6 heteroatoms. The van der Waals surface area contributed by atoms with E-state index in [9.17, 15) is 9.59 Å². The minimum absolute atomic E-state index is 0.114. The number of furan rings is 1. The number of benzene rings is 1. The number of hydrogen-bond acceptors (Lipinski definition) is 4. The molecule has 0 radical (unpaired) electrons. The molecule has 0 atom stereocenters. The van der Waals surface area contributed by atoms with Crippen molar-refractivity contribution < 1.29 is 23.8 Å². The van der Waals surface area contributed by atoms with E-state index in [1.54, 1.807) is 24.3 Å². The maximum atomic E-state index is 11.9. The van der Waals surface area contributed by atoms with Crippen LogP contribution in [0.2, 0.25) is 0 Å². The number of ether oxygens (including phenoxy) is 1. The van der Waals surface area contributed by atoms with E-state index in [0.29, 0.717) is 17.1 Å². The Bertz CT molecular complexity index is 632. The number of carbonyl (C=O) groups is 2. The van der Waals surface area contributed by atoms with Crippen LogP contribution in [-0.2, 0) is 6.54 Å². The van der Waals surface area contributed by atoms with Crippen molar-refractivity contribution in [2.75, 3.05) is 7.11 Å². The van der Waals surface area contributed by atoms with Crippen molar-refractivity contribution in [3.8, 4) is 5.75 Å². The van der Waals surface area contributed by atoms with Crippen LogP contribution in [-0.4, -0.2) is 24.1 Å². The zero-order chi connectivity index (χ0) is 14.5. The van der Waals surface area contributed by atoms with Crippen LogP contribution in [0.25, 0.3) is 0 Å². The van der Waals surface area contributed by atoms with Crippen LogP contribution in [0, 0.1) is 0 Å². The SMILES string of the molecule is COc1cccc(C(=O)NCc2ccc(C(=O)O)o2)c1. The molecular formula is C14H13NO5. The molecule has 0 fully saturated rings. The molecule has 2 rings (SSSR count). The summed E-state index contributed by atoms with van der Waals surface area (Å²) in [7, 11) is 1.52. The summed E-state index contributed by atoms with van der Waals surface area (Å²) in [5.74, 6) is -0.634. The number of nitrogens with one attached hydrogen (secondary N) is 1. The average Bonchev–Trinajstić information content (AvgIpc) is 2.94. The van der Waals surface area contributed by atoms with E-state index < -0.39 is 5.97 Å². The van der Waals surface area contributed by atoms with Gasteiger partial charge in [0, 0.05) is 5.56 Å². The van der Waals surface area contributed by atoms with Crippen molar-refractivity contribution in [1.29, 1.82) is 0 Å². The van der Waals surface area contributed by atoms with Crippen molar-refractivity contribution in [2.45, 2.75) is 6.54 Å². The lowest BCUT2D eigenvalue weighted by Gasteiger charge is -2.05. The molecule has 20 heavy (non-hydrogen) atoms. The van der Waals surface area contributed by atoms with Gasteiger partial charge in [-0.25, -0.2) is 4.79 Å². The van der Waals surface area contributed by atoms with Gasteiger partial charge in [0.15, 0.2) is 0 Å². The summed E-state index contributed by atoms with van der Waals surface area (Å²) in [5.41, 5.74) is 0.453. The Morgan fingerprint density at radius 3 is 2.75 bits per heavy atom. The third-order valence-corrected chi connectivity index (χ3v) is 2.63. The number of carbonyl (C=O) groups excluding carboxylic acids is 1. The van der Waals surface area contributed by atoms with Crippen LogP contribution in [0.1, 0.15) is 26.7 Å². The normalized spacial score (nSPS) is 10.1. The number of carboxylic acids is 1. The van der Waals surface area contributed by atoms with Crippen LogP contribution in [0.4, 0.5) is 0 Å². The number of amides is 1. The maximum Gasteiger partial charge on any atom is 0.371 e. The van der Waals surface area contributed by atoms with E-state index in [1.807, 2.05) is 0 Å². The Morgan fingerprint density at radius 1 is 1.30 bits per heavy atom. The average molecular weight is 275 g/mol. The highest BCUT2D eigenvalue weighted by Crippen LogP contribution is 2.13. The highest BCUT2D eigenvalue weighted by atomic mass is 16.5. The van der Waals surface area contributed by atoms with Crippen molar-refractivity contribution in [1.82, 2.24) is 5.32 Å². The zero-order valence-corrected chi connectivity index (χ0v) is 10.8. The van der Waals surface area contributed by atoms with Gasteiger partial charge in [-0.15, -0.1) is 0 Å². The van der Waals surface area contributed by atoms with E-state index in [1.165, 1.54) is 19.2 Å². The molecule has 0 spiro atoms. The van der Waals surface area contributed by atoms with Gasteiger partial charge in [-0.1, -0.05) is 6.07 Å². The van der Waals surface area contributed by atoms with Crippen LogP contribution in [0.3, 0.4) is 0 Å². The summed E-state index contributed by atoms with van der Waals surface area (Å²) in [6.07, 6.45) is 0. The van der Waals surface area contributed by atoms with Gasteiger partial charge in [-0.05, 0) is 30.3 Å². The van der Waals surface area contributed by atoms with Crippen LogP contribution in [0.5, 0.6) is 5.75 Å². The first-order chi connectivity index (χ1) is 9.60. The van der Waals surface area contributed by atoms with E-state index in [4.69, 9.17) is 14.3 Å².